The van der Waals surface area contributed by atoms with Crippen LogP contribution in [0.3, 0.4) is 0 Å². The van der Waals surface area contributed by atoms with Crippen molar-refractivity contribution in [2.45, 2.75) is 31.8 Å². The van der Waals surface area contributed by atoms with E-state index < -0.39 is 5.60 Å². The minimum atomic E-state index is -0.613. The summed E-state index contributed by atoms with van der Waals surface area (Å²) in [5.74, 6) is 0. The third-order valence-corrected chi connectivity index (χ3v) is 4.37. The maximum atomic E-state index is 10.4. The van der Waals surface area contributed by atoms with E-state index in [1.165, 1.54) is 0 Å². The van der Waals surface area contributed by atoms with Crippen LogP contribution in [0, 0.1) is 6.92 Å². The Balaban J connectivity index is 1.69. The number of hydrogen-bond donors (Lipinski definition) is 2. The minimum absolute atomic E-state index is 0.613. The van der Waals surface area contributed by atoms with Crippen LogP contribution in [0.25, 0.3) is 11.0 Å². The molecule has 1 aliphatic heterocycles. The first-order valence-corrected chi connectivity index (χ1v) is 7.00. The summed E-state index contributed by atoms with van der Waals surface area (Å²) < 4.78 is 1.95. The lowest BCUT2D eigenvalue weighted by Gasteiger charge is -2.36. The Bertz CT molecular complexity index is 752. The first-order chi connectivity index (χ1) is 9.66. The van der Waals surface area contributed by atoms with Crippen LogP contribution in [0.2, 0.25) is 0 Å². The van der Waals surface area contributed by atoms with Gasteiger partial charge in [-0.15, -0.1) is 0 Å². The van der Waals surface area contributed by atoms with Gasteiger partial charge in [0, 0.05) is 18.0 Å². The van der Waals surface area contributed by atoms with Crippen LogP contribution < -0.4 is 0 Å². The molecule has 1 aliphatic carbocycles. The van der Waals surface area contributed by atoms with Gasteiger partial charge in [-0.3, -0.25) is 0 Å². The molecule has 1 fully saturated rings. The number of rotatable bonds is 2. The van der Waals surface area contributed by atoms with E-state index in [1.807, 2.05) is 23.9 Å². The molecular weight excluding hydrogens is 252 g/mol. The summed E-state index contributed by atoms with van der Waals surface area (Å²) in [6.45, 7) is 2.69. The smallest absolute Gasteiger partial charge is 0.244 e. The third-order valence-electron chi connectivity index (χ3n) is 4.37. The fourth-order valence-electron chi connectivity index (χ4n) is 3.00. The number of nitrogens with one attached hydrogen (secondary N) is 1. The summed E-state index contributed by atoms with van der Waals surface area (Å²) in [5.41, 5.74) is 3.42. The SMILES string of the molecule is Cc1cc2c([N+]3=NC=C(C4(O)CCC4)C3)ccnc2[nH]1. The molecule has 0 spiro atoms. The highest BCUT2D eigenvalue weighted by molar-refractivity contribution is 5.86. The first kappa shape index (κ1) is 11.8. The zero-order chi connectivity index (χ0) is 13.7. The largest absolute Gasteiger partial charge is 0.385 e. The van der Waals surface area contributed by atoms with Crippen LogP contribution in [-0.2, 0) is 0 Å². The number of aliphatic hydroxyl groups is 1. The molecule has 102 valence electrons. The average Bonchev–Trinajstić information content (AvgIpc) is 3.00. The second kappa shape index (κ2) is 3.99. The number of aromatic amines is 1. The Kier molecular flexibility index (Phi) is 2.35. The second-order valence-corrected chi connectivity index (χ2v) is 5.76. The Hall–Kier alpha value is -2.01. The molecule has 5 nitrogen and oxygen atoms in total. The summed E-state index contributed by atoms with van der Waals surface area (Å²) in [4.78, 5) is 7.58. The van der Waals surface area contributed by atoms with Gasteiger partial charge in [0.25, 0.3) is 0 Å². The number of nitrogens with zero attached hydrogens (tertiary/aromatic N) is 3. The highest BCUT2D eigenvalue weighted by Crippen LogP contribution is 2.40. The molecule has 2 aromatic rings. The summed E-state index contributed by atoms with van der Waals surface area (Å²) in [7, 11) is 0. The van der Waals surface area contributed by atoms with E-state index in [0.29, 0.717) is 6.54 Å². The normalized spacial score (nSPS) is 20.7. The molecule has 0 atom stereocenters. The molecule has 5 heteroatoms. The van der Waals surface area contributed by atoms with Crippen LogP contribution >= 0.6 is 0 Å². The maximum Gasteiger partial charge on any atom is 0.244 e. The van der Waals surface area contributed by atoms with Crippen molar-refractivity contribution in [2.24, 2.45) is 5.11 Å². The Labute approximate surface area is 116 Å². The average molecular weight is 269 g/mol. The van der Waals surface area contributed by atoms with Crippen molar-refractivity contribution in [3.05, 3.63) is 35.8 Å². The minimum Gasteiger partial charge on any atom is -0.385 e. The molecule has 2 aromatic heterocycles. The Morgan fingerprint density at radius 3 is 3.00 bits per heavy atom. The van der Waals surface area contributed by atoms with E-state index in [2.05, 4.69) is 21.1 Å². The lowest BCUT2D eigenvalue weighted by molar-refractivity contribution is -0.494. The van der Waals surface area contributed by atoms with Gasteiger partial charge in [0.2, 0.25) is 12.2 Å². The molecule has 0 saturated heterocycles. The van der Waals surface area contributed by atoms with E-state index >= 15 is 0 Å². The Morgan fingerprint density at radius 1 is 1.40 bits per heavy atom. The van der Waals surface area contributed by atoms with Gasteiger partial charge in [-0.1, -0.05) is 4.70 Å². The summed E-state index contributed by atoms with van der Waals surface area (Å²) in [6, 6.07) is 4.06. The van der Waals surface area contributed by atoms with Crippen molar-refractivity contribution in [1.29, 1.82) is 0 Å². The van der Waals surface area contributed by atoms with Gasteiger partial charge in [0.15, 0.2) is 0 Å². The lowest BCUT2D eigenvalue weighted by Crippen LogP contribution is -2.40. The van der Waals surface area contributed by atoms with E-state index in [4.69, 9.17) is 0 Å². The van der Waals surface area contributed by atoms with Gasteiger partial charge in [-0.25, -0.2) is 4.98 Å². The van der Waals surface area contributed by atoms with Crippen molar-refractivity contribution in [1.82, 2.24) is 9.97 Å². The van der Waals surface area contributed by atoms with E-state index in [1.54, 1.807) is 6.20 Å². The summed E-state index contributed by atoms with van der Waals surface area (Å²) in [6.07, 6.45) is 6.43. The van der Waals surface area contributed by atoms with Gasteiger partial charge < -0.3 is 10.1 Å². The Morgan fingerprint density at radius 2 is 2.25 bits per heavy atom. The molecule has 20 heavy (non-hydrogen) atoms. The zero-order valence-corrected chi connectivity index (χ0v) is 11.4. The van der Waals surface area contributed by atoms with Crippen LogP contribution in [-0.4, -0.2) is 31.9 Å². The van der Waals surface area contributed by atoms with Crippen LogP contribution in [0.5, 0.6) is 0 Å². The zero-order valence-electron chi connectivity index (χ0n) is 11.4. The predicted molar refractivity (Wildman–Crippen MR) is 74.9 cm³/mol. The molecule has 3 heterocycles. The highest BCUT2D eigenvalue weighted by Gasteiger charge is 2.42. The molecule has 0 amide bonds. The predicted octanol–water partition coefficient (Wildman–Crippen LogP) is 2.78. The molecule has 2 N–H and O–H groups in total. The fraction of sp³-hybridized carbons (Fsp3) is 0.400. The summed E-state index contributed by atoms with van der Waals surface area (Å²) in [5, 5.41) is 16.0. The number of aromatic nitrogens is 2. The number of aryl methyl sites for hydroxylation is 1. The van der Waals surface area contributed by atoms with Gasteiger partial charge in [0.05, 0.1) is 16.6 Å². The molecule has 0 bridgehead atoms. The third kappa shape index (κ3) is 1.63. The van der Waals surface area contributed by atoms with Crippen molar-refractivity contribution < 1.29 is 9.80 Å². The van der Waals surface area contributed by atoms with Gasteiger partial charge in [-0.2, -0.15) is 0 Å². The number of pyridine rings is 1. The number of azo groups is 2. The van der Waals surface area contributed by atoms with Crippen LogP contribution in [0.4, 0.5) is 5.69 Å². The van der Waals surface area contributed by atoms with Crippen molar-refractivity contribution in [3.63, 3.8) is 0 Å². The van der Waals surface area contributed by atoms with Crippen LogP contribution in [0.15, 0.2) is 35.2 Å². The standard InChI is InChI=1S/C15H17N4O/c1-10-7-12-13(3-6-16-14(12)18-10)19-9-11(8-17-19)15(20)4-2-5-15/h3,6-8,20H,2,4-5,9H2,1H3,(H,16,18)/q+1. The maximum absolute atomic E-state index is 10.4. The summed E-state index contributed by atoms with van der Waals surface area (Å²) >= 11 is 0. The fourth-order valence-corrected chi connectivity index (χ4v) is 3.00. The van der Waals surface area contributed by atoms with Crippen molar-refractivity contribution in [2.75, 3.05) is 6.54 Å². The molecule has 0 aromatic carbocycles. The monoisotopic (exact) mass is 269 g/mol. The quantitative estimate of drug-likeness (QED) is 0.823. The highest BCUT2D eigenvalue weighted by atomic mass is 16.3. The van der Waals surface area contributed by atoms with E-state index in [0.717, 1.165) is 47.3 Å². The van der Waals surface area contributed by atoms with Gasteiger partial charge >= 0.3 is 0 Å². The van der Waals surface area contributed by atoms with E-state index in [9.17, 15) is 5.11 Å². The van der Waals surface area contributed by atoms with Crippen molar-refractivity contribution >= 4 is 16.7 Å². The van der Waals surface area contributed by atoms with Gasteiger partial charge in [-0.05, 0) is 37.4 Å². The van der Waals surface area contributed by atoms with Crippen LogP contribution in [0.1, 0.15) is 25.0 Å². The molecule has 4 rings (SSSR count). The van der Waals surface area contributed by atoms with E-state index in [-0.39, 0.29) is 0 Å². The molecular formula is C15H17N4O+. The molecule has 1 saturated carbocycles. The number of H-pyrrole nitrogens is 1. The number of fused-ring (bicyclic) bond motifs is 1. The topological polar surface area (TPSA) is 64.3 Å². The van der Waals surface area contributed by atoms with Gasteiger partial charge in [0.1, 0.15) is 11.8 Å². The number of hydrogen-bond acceptors (Lipinski definition) is 3. The molecule has 0 radical (unpaired) electrons. The molecule has 0 unspecified atom stereocenters. The van der Waals surface area contributed by atoms with Crippen molar-refractivity contribution in [3.8, 4) is 0 Å². The second-order valence-electron chi connectivity index (χ2n) is 5.76. The lowest BCUT2D eigenvalue weighted by atomic mass is 9.75. The first-order valence-electron chi connectivity index (χ1n) is 7.00. The molecule has 2 aliphatic rings.